The van der Waals surface area contributed by atoms with Crippen LogP contribution < -0.4 is 5.43 Å². The number of carbonyl (C=O) groups is 3. The fourth-order valence-corrected chi connectivity index (χ4v) is 2.63. The van der Waals surface area contributed by atoms with Crippen molar-refractivity contribution in [1.29, 1.82) is 0 Å². The van der Waals surface area contributed by atoms with E-state index in [1.54, 1.807) is 11.8 Å². The molecule has 8 nitrogen and oxygen atoms in total. The SMILES string of the molecule is C/C(CC(=O)N(C(C)C)C(C)C)=N\NC(=O)C(=O)N1CCOCC1. The third-order valence-corrected chi connectivity index (χ3v) is 3.65. The summed E-state index contributed by atoms with van der Waals surface area (Å²) in [5, 5.41) is 3.87. The van der Waals surface area contributed by atoms with Crippen LogP contribution in [0.15, 0.2) is 5.10 Å². The molecule has 1 saturated heterocycles. The van der Waals surface area contributed by atoms with Gasteiger partial charge in [0.2, 0.25) is 5.91 Å². The number of hydrogen-bond donors (Lipinski definition) is 1. The third-order valence-electron chi connectivity index (χ3n) is 3.65. The van der Waals surface area contributed by atoms with Crippen LogP contribution >= 0.6 is 0 Å². The lowest BCUT2D eigenvalue weighted by Crippen LogP contribution is -2.47. The molecule has 0 saturated carbocycles. The van der Waals surface area contributed by atoms with Crippen LogP contribution in [0.5, 0.6) is 0 Å². The van der Waals surface area contributed by atoms with E-state index in [0.29, 0.717) is 32.0 Å². The first-order valence-corrected chi connectivity index (χ1v) is 8.25. The van der Waals surface area contributed by atoms with Gasteiger partial charge in [0.1, 0.15) is 0 Å². The van der Waals surface area contributed by atoms with Crippen LogP contribution in [-0.2, 0) is 19.1 Å². The maximum absolute atomic E-state index is 12.3. The van der Waals surface area contributed by atoms with Crippen molar-refractivity contribution < 1.29 is 19.1 Å². The number of amides is 3. The zero-order valence-electron chi connectivity index (χ0n) is 15.2. The molecule has 1 fully saturated rings. The molecule has 0 aromatic carbocycles. The predicted molar refractivity (Wildman–Crippen MR) is 90.4 cm³/mol. The first kappa shape index (κ1) is 20.1. The first-order chi connectivity index (χ1) is 11.2. The smallest absolute Gasteiger partial charge is 0.329 e. The molecule has 3 amide bonds. The third kappa shape index (κ3) is 5.92. The van der Waals surface area contributed by atoms with Crippen LogP contribution in [0.2, 0.25) is 0 Å². The van der Waals surface area contributed by atoms with Crippen LogP contribution in [0.4, 0.5) is 0 Å². The van der Waals surface area contributed by atoms with Gasteiger partial charge < -0.3 is 14.5 Å². The lowest BCUT2D eigenvalue weighted by Gasteiger charge is -2.30. The second-order valence-electron chi connectivity index (χ2n) is 6.36. The summed E-state index contributed by atoms with van der Waals surface area (Å²) in [6.45, 7) is 11.1. The standard InChI is InChI=1S/C16H28N4O4/c1-11(2)20(12(3)4)14(21)10-13(5)17-18-15(22)16(23)19-6-8-24-9-7-19/h11-12H,6-10H2,1-5H3,(H,18,22)/b17-13+. The Morgan fingerprint density at radius 2 is 1.67 bits per heavy atom. The van der Waals surface area contributed by atoms with E-state index in [1.807, 2.05) is 27.7 Å². The lowest BCUT2D eigenvalue weighted by atomic mass is 10.2. The van der Waals surface area contributed by atoms with E-state index in [0.717, 1.165) is 0 Å². The van der Waals surface area contributed by atoms with E-state index in [2.05, 4.69) is 10.5 Å². The highest BCUT2D eigenvalue weighted by Crippen LogP contribution is 2.08. The second kappa shape index (κ2) is 9.36. The van der Waals surface area contributed by atoms with E-state index in [4.69, 9.17) is 4.74 Å². The molecule has 0 spiro atoms. The highest BCUT2D eigenvalue weighted by Gasteiger charge is 2.24. The molecular weight excluding hydrogens is 312 g/mol. The topological polar surface area (TPSA) is 91.3 Å². The molecule has 0 radical (unpaired) electrons. The molecule has 24 heavy (non-hydrogen) atoms. The summed E-state index contributed by atoms with van der Waals surface area (Å²) in [7, 11) is 0. The van der Waals surface area contributed by atoms with Crippen LogP contribution in [0.3, 0.4) is 0 Å². The normalized spacial score (nSPS) is 15.6. The molecule has 0 aromatic heterocycles. The van der Waals surface area contributed by atoms with Crippen molar-refractivity contribution in [1.82, 2.24) is 15.2 Å². The minimum Gasteiger partial charge on any atom is -0.378 e. The zero-order chi connectivity index (χ0) is 18.3. The van der Waals surface area contributed by atoms with Crippen LogP contribution in [0.25, 0.3) is 0 Å². The number of ether oxygens (including phenoxy) is 1. The Kier molecular flexibility index (Phi) is 7.84. The van der Waals surface area contributed by atoms with Crippen molar-refractivity contribution in [3.63, 3.8) is 0 Å². The Balaban J connectivity index is 2.55. The van der Waals surface area contributed by atoms with Crippen molar-refractivity contribution in [3.8, 4) is 0 Å². The summed E-state index contributed by atoms with van der Waals surface area (Å²) < 4.78 is 5.14. The molecule has 0 aromatic rings. The number of nitrogens with one attached hydrogen (secondary N) is 1. The summed E-state index contributed by atoms with van der Waals surface area (Å²) in [6.07, 6.45) is 0.0996. The van der Waals surface area contributed by atoms with E-state index in [1.165, 1.54) is 4.90 Å². The van der Waals surface area contributed by atoms with Crippen molar-refractivity contribution >= 4 is 23.4 Å². The maximum Gasteiger partial charge on any atom is 0.329 e. The number of nitrogens with zero attached hydrogens (tertiary/aromatic N) is 3. The first-order valence-electron chi connectivity index (χ1n) is 8.25. The van der Waals surface area contributed by atoms with Gasteiger partial charge in [0.15, 0.2) is 0 Å². The van der Waals surface area contributed by atoms with Crippen molar-refractivity contribution in [2.24, 2.45) is 5.10 Å². The molecule has 1 rings (SSSR count). The Hall–Kier alpha value is -1.96. The van der Waals surface area contributed by atoms with Crippen LogP contribution in [0.1, 0.15) is 41.0 Å². The Labute approximate surface area is 143 Å². The molecule has 1 N–H and O–H groups in total. The van der Waals surface area contributed by atoms with Crippen LogP contribution in [-0.4, -0.2) is 71.6 Å². The zero-order valence-corrected chi connectivity index (χ0v) is 15.2. The fourth-order valence-electron chi connectivity index (χ4n) is 2.63. The monoisotopic (exact) mass is 340 g/mol. The predicted octanol–water partition coefficient (Wildman–Crippen LogP) is 0.373. The summed E-state index contributed by atoms with van der Waals surface area (Å²) in [5.41, 5.74) is 2.68. The van der Waals surface area contributed by atoms with Crippen molar-refractivity contribution in [2.45, 2.75) is 53.1 Å². The maximum atomic E-state index is 12.3. The quantitative estimate of drug-likeness (QED) is 0.445. The number of hydrogen-bond acceptors (Lipinski definition) is 5. The van der Waals surface area contributed by atoms with Gasteiger partial charge >= 0.3 is 11.8 Å². The van der Waals surface area contributed by atoms with Gasteiger partial charge in [-0.2, -0.15) is 5.10 Å². The van der Waals surface area contributed by atoms with Gasteiger partial charge in [-0.25, -0.2) is 5.43 Å². The van der Waals surface area contributed by atoms with Gasteiger partial charge in [-0.05, 0) is 34.6 Å². The molecule has 0 atom stereocenters. The largest absolute Gasteiger partial charge is 0.378 e. The molecule has 1 aliphatic rings. The Morgan fingerprint density at radius 1 is 1.12 bits per heavy atom. The summed E-state index contributed by atoms with van der Waals surface area (Å²) in [5.74, 6) is -1.49. The summed E-state index contributed by atoms with van der Waals surface area (Å²) in [4.78, 5) is 39.3. The molecule has 1 heterocycles. The lowest BCUT2D eigenvalue weighted by molar-refractivity contribution is -0.148. The van der Waals surface area contributed by atoms with Gasteiger partial charge in [-0.3, -0.25) is 14.4 Å². The van der Waals surface area contributed by atoms with E-state index in [9.17, 15) is 14.4 Å². The summed E-state index contributed by atoms with van der Waals surface area (Å²) in [6, 6.07) is 0.172. The number of hydrazone groups is 1. The average Bonchev–Trinajstić information content (AvgIpc) is 2.51. The molecule has 136 valence electrons. The van der Waals surface area contributed by atoms with Crippen LogP contribution in [0, 0.1) is 0 Å². The molecule has 0 aliphatic carbocycles. The van der Waals surface area contributed by atoms with Crippen molar-refractivity contribution in [3.05, 3.63) is 0 Å². The highest BCUT2D eigenvalue weighted by atomic mass is 16.5. The highest BCUT2D eigenvalue weighted by molar-refractivity contribution is 6.35. The molecule has 1 aliphatic heterocycles. The molecule has 0 bridgehead atoms. The van der Waals surface area contributed by atoms with E-state index < -0.39 is 11.8 Å². The van der Waals surface area contributed by atoms with E-state index in [-0.39, 0.29) is 24.4 Å². The molecular formula is C16H28N4O4. The summed E-state index contributed by atoms with van der Waals surface area (Å²) >= 11 is 0. The molecule has 8 heteroatoms. The van der Waals surface area contributed by atoms with Gasteiger partial charge in [-0.15, -0.1) is 0 Å². The van der Waals surface area contributed by atoms with Gasteiger partial charge in [0.05, 0.1) is 19.6 Å². The number of rotatable bonds is 5. The van der Waals surface area contributed by atoms with Crippen molar-refractivity contribution in [2.75, 3.05) is 26.3 Å². The second-order valence-corrected chi connectivity index (χ2v) is 6.36. The molecule has 0 unspecified atom stereocenters. The fraction of sp³-hybridized carbons (Fsp3) is 0.750. The number of carbonyl (C=O) groups excluding carboxylic acids is 3. The number of morpholine rings is 1. The minimum atomic E-state index is -0.798. The average molecular weight is 340 g/mol. The Morgan fingerprint density at radius 3 is 2.17 bits per heavy atom. The van der Waals surface area contributed by atoms with Gasteiger partial charge in [0.25, 0.3) is 0 Å². The van der Waals surface area contributed by atoms with E-state index >= 15 is 0 Å². The Bertz CT molecular complexity index is 488. The van der Waals surface area contributed by atoms with Gasteiger partial charge in [0, 0.05) is 30.9 Å². The van der Waals surface area contributed by atoms with Gasteiger partial charge in [-0.1, -0.05) is 0 Å². The minimum absolute atomic E-state index is 0.0602.